The van der Waals surface area contributed by atoms with Crippen molar-refractivity contribution in [3.05, 3.63) is 29.6 Å². The van der Waals surface area contributed by atoms with Gasteiger partial charge in [-0.15, -0.1) is 0 Å². The molecule has 1 aliphatic heterocycles. The van der Waals surface area contributed by atoms with E-state index in [1.807, 2.05) is 0 Å². The molecule has 2 heterocycles. The van der Waals surface area contributed by atoms with Crippen molar-refractivity contribution < 1.29 is 0 Å². The maximum Gasteiger partial charge on any atom is 0.114 e. The fourth-order valence-electron chi connectivity index (χ4n) is 2.91. The van der Waals surface area contributed by atoms with Crippen LogP contribution < -0.4 is 5.32 Å². The van der Waals surface area contributed by atoms with Crippen molar-refractivity contribution in [2.24, 2.45) is 7.05 Å². The van der Waals surface area contributed by atoms with Crippen molar-refractivity contribution in [3.63, 3.8) is 0 Å². The van der Waals surface area contributed by atoms with Crippen LogP contribution in [-0.4, -0.2) is 22.6 Å². The van der Waals surface area contributed by atoms with Gasteiger partial charge in [0.2, 0.25) is 0 Å². The minimum Gasteiger partial charge on any atom is -0.331 e. The average Bonchev–Trinajstić information content (AvgIpc) is 2.77. The normalized spacial score (nSPS) is 20.4. The Bertz CT molecular complexity index is 550. The molecule has 3 nitrogen and oxygen atoms in total. The summed E-state index contributed by atoms with van der Waals surface area (Å²) in [5, 5.41) is 3.47. The largest absolute Gasteiger partial charge is 0.331 e. The van der Waals surface area contributed by atoms with Gasteiger partial charge in [-0.25, -0.2) is 4.98 Å². The Balaban J connectivity index is 2.04. The third kappa shape index (κ3) is 1.93. The maximum absolute atomic E-state index is 4.83. The molecule has 3 heteroatoms. The predicted octanol–water partition coefficient (Wildman–Crippen LogP) is 2.60. The molecule has 1 fully saturated rings. The average molecular weight is 243 g/mol. The van der Waals surface area contributed by atoms with E-state index in [9.17, 15) is 0 Å². The predicted molar refractivity (Wildman–Crippen MR) is 74.9 cm³/mol. The number of hydrogen-bond donors (Lipinski definition) is 1. The summed E-state index contributed by atoms with van der Waals surface area (Å²) in [7, 11) is 2.15. The van der Waals surface area contributed by atoms with Crippen molar-refractivity contribution in [1.82, 2.24) is 14.9 Å². The van der Waals surface area contributed by atoms with Crippen LogP contribution in [0.1, 0.15) is 37.1 Å². The first-order valence-electron chi connectivity index (χ1n) is 6.95. The van der Waals surface area contributed by atoms with E-state index in [1.54, 1.807) is 0 Å². The second-order valence-electron chi connectivity index (χ2n) is 5.25. The van der Waals surface area contributed by atoms with E-state index in [1.165, 1.54) is 29.7 Å². The molecule has 18 heavy (non-hydrogen) atoms. The van der Waals surface area contributed by atoms with Gasteiger partial charge in [-0.3, -0.25) is 0 Å². The van der Waals surface area contributed by atoms with E-state index < -0.39 is 0 Å². The van der Waals surface area contributed by atoms with Crippen molar-refractivity contribution in [3.8, 4) is 0 Å². The number of hydrogen-bond acceptors (Lipinski definition) is 2. The summed E-state index contributed by atoms with van der Waals surface area (Å²) in [6, 6.07) is 6.63. The smallest absolute Gasteiger partial charge is 0.114 e. The van der Waals surface area contributed by atoms with Crippen molar-refractivity contribution in [2.45, 2.75) is 32.1 Å². The number of imidazole rings is 1. The molecule has 3 rings (SSSR count). The SMILES string of the molecule is CCc1ccc2nc(C3CCCNC3)n(C)c2c1. The summed E-state index contributed by atoms with van der Waals surface area (Å²) >= 11 is 0. The lowest BCUT2D eigenvalue weighted by molar-refractivity contribution is 0.440. The standard InChI is InChI=1S/C15H21N3/c1-3-11-6-7-13-14(9-11)18(2)15(17-13)12-5-4-8-16-10-12/h6-7,9,12,16H,3-5,8,10H2,1-2H3. The number of rotatable bonds is 2. The quantitative estimate of drug-likeness (QED) is 0.878. The molecule has 1 aromatic carbocycles. The molecule has 1 aromatic heterocycles. The van der Waals surface area contributed by atoms with Crippen molar-refractivity contribution in [2.75, 3.05) is 13.1 Å². The van der Waals surface area contributed by atoms with Gasteiger partial charge in [-0.2, -0.15) is 0 Å². The monoisotopic (exact) mass is 243 g/mol. The fourth-order valence-corrected chi connectivity index (χ4v) is 2.91. The molecule has 1 saturated heterocycles. The molecule has 1 atom stereocenters. The Morgan fingerprint density at radius 2 is 2.33 bits per heavy atom. The van der Waals surface area contributed by atoms with Crippen LogP contribution in [0.4, 0.5) is 0 Å². The molecule has 1 N–H and O–H groups in total. The number of aryl methyl sites for hydroxylation is 2. The molecule has 1 aliphatic rings. The van der Waals surface area contributed by atoms with E-state index in [0.717, 1.165) is 25.0 Å². The number of piperidine rings is 1. The van der Waals surface area contributed by atoms with E-state index in [-0.39, 0.29) is 0 Å². The zero-order chi connectivity index (χ0) is 12.5. The van der Waals surface area contributed by atoms with Crippen LogP contribution in [0.25, 0.3) is 11.0 Å². The van der Waals surface area contributed by atoms with Gasteiger partial charge in [-0.1, -0.05) is 13.0 Å². The third-order valence-corrected chi connectivity index (χ3v) is 4.05. The van der Waals surface area contributed by atoms with Crippen LogP contribution in [0.15, 0.2) is 18.2 Å². The van der Waals surface area contributed by atoms with Gasteiger partial charge >= 0.3 is 0 Å². The minimum atomic E-state index is 0.571. The highest BCUT2D eigenvalue weighted by molar-refractivity contribution is 5.77. The highest BCUT2D eigenvalue weighted by Crippen LogP contribution is 2.26. The Kier molecular flexibility index (Phi) is 3.08. The fraction of sp³-hybridized carbons (Fsp3) is 0.533. The van der Waals surface area contributed by atoms with Gasteiger partial charge in [0.1, 0.15) is 5.82 Å². The van der Waals surface area contributed by atoms with Crippen molar-refractivity contribution >= 4 is 11.0 Å². The number of aromatic nitrogens is 2. The highest BCUT2D eigenvalue weighted by atomic mass is 15.1. The zero-order valence-electron chi connectivity index (χ0n) is 11.2. The summed E-state index contributed by atoms with van der Waals surface area (Å²) < 4.78 is 2.28. The van der Waals surface area contributed by atoms with Crippen LogP contribution in [-0.2, 0) is 13.5 Å². The first kappa shape index (κ1) is 11.7. The Hall–Kier alpha value is -1.35. The summed E-state index contributed by atoms with van der Waals surface area (Å²) in [5.41, 5.74) is 3.80. The van der Waals surface area contributed by atoms with E-state index in [2.05, 4.69) is 42.1 Å². The second-order valence-corrected chi connectivity index (χ2v) is 5.25. The van der Waals surface area contributed by atoms with E-state index >= 15 is 0 Å². The second kappa shape index (κ2) is 4.73. The minimum absolute atomic E-state index is 0.571. The van der Waals surface area contributed by atoms with Crippen LogP contribution in [0.5, 0.6) is 0 Å². The van der Waals surface area contributed by atoms with Gasteiger partial charge in [0.25, 0.3) is 0 Å². The van der Waals surface area contributed by atoms with E-state index in [4.69, 9.17) is 4.98 Å². The molecule has 0 aliphatic carbocycles. The summed E-state index contributed by atoms with van der Waals surface area (Å²) in [6.45, 7) is 4.42. The summed E-state index contributed by atoms with van der Waals surface area (Å²) in [4.78, 5) is 4.83. The topological polar surface area (TPSA) is 29.9 Å². The van der Waals surface area contributed by atoms with Crippen LogP contribution in [0, 0.1) is 0 Å². The number of nitrogens with zero attached hydrogens (tertiary/aromatic N) is 2. The molecule has 0 bridgehead atoms. The highest BCUT2D eigenvalue weighted by Gasteiger charge is 2.20. The summed E-state index contributed by atoms with van der Waals surface area (Å²) in [6.07, 6.45) is 3.60. The molecule has 96 valence electrons. The number of fused-ring (bicyclic) bond motifs is 1. The third-order valence-electron chi connectivity index (χ3n) is 4.05. The molecule has 1 unspecified atom stereocenters. The number of nitrogens with one attached hydrogen (secondary N) is 1. The molecule has 0 amide bonds. The first-order valence-corrected chi connectivity index (χ1v) is 6.95. The van der Waals surface area contributed by atoms with Gasteiger partial charge in [0, 0.05) is 19.5 Å². The van der Waals surface area contributed by atoms with Gasteiger partial charge in [-0.05, 0) is 43.5 Å². The Morgan fingerprint density at radius 1 is 1.44 bits per heavy atom. The lowest BCUT2D eigenvalue weighted by Gasteiger charge is -2.22. The molecule has 0 saturated carbocycles. The lowest BCUT2D eigenvalue weighted by atomic mass is 9.99. The first-order chi connectivity index (χ1) is 8.79. The molecule has 0 radical (unpaired) electrons. The van der Waals surface area contributed by atoms with Crippen LogP contribution in [0.3, 0.4) is 0 Å². The van der Waals surface area contributed by atoms with Gasteiger partial charge in [0.05, 0.1) is 11.0 Å². The molecule has 0 spiro atoms. The van der Waals surface area contributed by atoms with Crippen molar-refractivity contribution in [1.29, 1.82) is 0 Å². The lowest BCUT2D eigenvalue weighted by Crippen LogP contribution is -2.29. The molecular weight excluding hydrogens is 222 g/mol. The number of benzene rings is 1. The molecular formula is C15H21N3. The Morgan fingerprint density at radius 3 is 3.06 bits per heavy atom. The Labute approximate surface area is 108 Å². The molecule has 2 aromatic rings. The van der Waals surface area contributed by atoms with Gasteiger partial charge in [0.15, 0.2) is 0 Å². The van der Waals surface area contributed by atoms with E-state index in [0.29, 0.717) is 5.92 Å². The maximum atomic E-state index is 4.83. The zero-order valence-corrected chi connectivity index (χ0v) is 11.2. The van der Waals surface area contributed by atoms with Crippen LogP contribution in [0.2, 0.25) is 0 Å². The summed E-state index contributed by atoms with van der Waals surface area (Å²) in [5.74, 6) is 1.81. The van der Waals surface area contributed by atoms with Crippen LogP contribution >= 0.6 is 0 Å². The van der Waals surface area contributed by atoms with Gasteiger partial charge < -0.3 is 9.88 Å².